The van der Waals surface area contributed by atoms with Crippen molar-refractivity contribution in [2.45, 2.75) is 0 Å². The van der Waals surface area contributed by atoms with Gasteiger partial charge in [-0.05, 0) is 82.1 Å². The van der Waals surface area contributed by atoms with Crippen LogP contribution in [0, 0.1) is 0 Å². The quantitative estimate of drug-likeness (QED) is 0.176. The molecule has 3 nitrogen and oxygen atoms in total. The molecule has 0 saturated carbocycles. The molecule has 9 aromatic carbocycles. The fourth-order valence-corrected chi connectivity index (χ4v) is 9.95. The summed E-state index contributed by atoms with van der Waals surface area (Å²) in [4.78, 5) is 2.37. The zero-order valence-electron chi connectivity index (χ0n) is 30.1. The molecule has 0 aliphatic heterocycles. The Morgan fingerprint density at radius 1 is 0.375 bits per heavy atom. The fourth-order valence-electron chi connectivity index (χ4n) is 8.71. The number of furan rings is 2. The number of fused-ring (bicyclic) bond motifs is 11. The van der Waals surface area contributed by atoms with Crippen molar-refractivity contribution in [1.82, 2.24) is 0 Å². The number of hydrogen-bond donors (Lipinski definition) is 0. The SMILES string of the molecule is c1ccc2c(c1)ccc1oc3cccc(N(c4ccc(-c5cccc6c5oc5ccccc56)cc4)c4ccc(-c5cccc6c5sc5ccccc56)cc4)c3c12. The van der Waals surface area contributed by atoms with E-state index in [0.29, 0.717) is 0 Å². The minimum absolute atomic E-state index is 0.861. The molecule has 0 aliphatic carbocycles. The molecule has 0 bridgehead atoms. The fraction of sp³-hybridized carbons (Fsp3) is 0. The molecule has 0 aliphatic rings. The Morgan fingerprint density at radius 2 is 0.982 bits per heavy atom. The van der Waals surface area contributed by atoms with Crippen LogP contribution in [-0.4, -0.2) is 0 Å². The van der Waals surface area contributed by atoms with Crippen LogP contribution in [0.5, 0.6) is 0 Å². The van der Waals surface area contributed by atoms with Crippen molar-refractivity contribution in [1.29, 1.82) is 0 Å². The summed E-state index contributed by atoms with van der Waals surface area (Å²) in [7, 11) is 0. The number of thiophene rings is 1. The van der Waals surface area contributed by atoms with Crippen molar-refractivity contribution in [3.63, 3.8) is 0 Å². The maximum Gasteiger partial charge on any atom is 0.143 e. The average molecular weight is 734 g/mol. The summed E-state index contributed by atoms with van der Waals surface area (Å²) in [6, 6.07) is 67.2. The highest BCUT2D eigenvalue weighted by atomic mass is 32.1. The van der Waals surface area contributed by atoms with Crippen LogP contribution in [0.15, 0.2) is 197 Å². The average Bonchev–Trinajstić information content (AvgIpc) is 3.96. The first-order valence-electron chi connectivity index (χ1n) is 18.9. The molecule has 4 heteroatoms. The van der Waals surface area contributed by atoms with Crippen LogP contribution in [0.25, 0.3) is 97.1 Å². The zero-order valence-corrected chi connectivity index (χ0v) is 30.9. The summed E-state index contributed by atoms with van der Waals surface area (Å²) in [5.74, 6) is 0. The summed E-state index contributed by atoms with van der Waals surface area (Å²) >= 11 is 1.87. The number of para-hydroxylation sites is 2. The van der Waals surface area contributed by atoms with Gasteiger partial charge in [0, 0.05) is 53.3 Å². The van der Waals surface area contributed by atoms with Crippen LogP contribution in [0.3, 0.4) is 0 Å². The van der Waals surface area contributed by atoms with E-state index in [1.54, 1.807) is 0 Å². The van der Waals surface area contributed by atoms with E-state index in [1.165, 1.54) is 42.1 Å². The molecule has 3 heterocycles. The van der Waals surface area contributed by atoms with Gasteiger partial charge in [-0.3, -0.25) is 0 Å². The third kappa shape index (κ3) is 4.70. The van der Waals surface area contributed by atoms with Gasteiger partial charge in [-0.2, -0.15) is 0 Å². The maximum atomic E-state index is 6.57. The molecule has 0 spiro atoms. The first-order valence-corrected chi connectivity index (χ1v) is 19.7. The molecule has 262 valence electrons. The molecule has 12 aromatic rings. The highest BCUT2D eigenvalue weighted by molar-refractivity contribution is 7.26. The van der Waals surface area contributed by atoms with E-state index in [-0.39, 0.29) is 0 Å². The smallest absolute Gasteiger partial charge is 0.143 e. The van der Waals surface area contributed by atoms with E-state index in [2.05, 4.69) is 181 Å². The molecule has 12 rings (SSSR count). The third-order valence-corrected chi connectivity index (χ3v) is 12.5. The van der Waals surface area contributed by atoms with E-state index in [9.17, 15) is 0 Å². The van der Waals surface area contributed by atoms with Crippen LogP contribution in [-0.2, 0) is 0 Å². The van der Waals surface area contributed by atoms with Crippen molar-refractivity contribution in [3.8, 4) is 22.3 Å². The number of rotatable bonds is 5. The Kier molecular flexibility index (Phi) is 6.80. The van der Waals surface area contributed by atoms with E-state index < -0.39 is 0 Å². The lowest BCUT2D eigenvalue weighted by Gasteiger charge is -2.27. The van der Waals surface area contributed by atoms with Crippen molar-refractivity contribution in [2.75, 3.05) is 4.90 Å². The molecule has 3 aromatic heterocycles. The standard InChI is InChI=1S/C52H31NO2S/c1-2-11-37-32(10-1)26-31-47-49(37)50-44(18-9-20-46(50)54-47)53(35-27-22-33(23-28-35)38-14-7-16-42-40-12-3-5-19-45(40)55-51(38)42)36-29-24-34(25-30-36)39-15-8-17-43-41-13-4-6-21-48(41)56-52(39)43/h1-31H. The maximum absolute atomic E-state index is 6.57. The van der Waals surface area contributed by atoms with E-state index in [0.717, 1.165) is 72.1 Å². The molecular weight excluding hydrogens is 703 g/mol. The van der Waals surface area contributed by atoms with Gasteiger partial charge in [-0.15, -0.1) is 11.3 Å². The second-order valence-electron chi connectivity index (χ2n) is 14.4. The minimum atomic E-state index is 0.861. The molecular formula is C52H31NO2S. The van der Waals surface area contributed by atoms with E-state index in [4.69, 9.17) is 8.83 Å². The van der Waals surface area contributed by atoms with Crippen molar-refractivity contribution in [3.05, 3.63) is 188 Å². The molecule has 0 amide bonds. The first kappa shape index (κ1) is 31.2. The number of anilines is 3. The second kappa shape index (κ2) is 12.2. The van der Waals surface area contributed by atoms with E-state index >= 15 is 0 Å². The molecule has 0 unspecified atom stereocenters. The minimum Gasteiger partial charge on any atom is -0.456 e. The number of benzene rings is 9. The molecule has 0 fully saturated rings. The molecule has 0 radical (unpaired) electrons. The zero-order chi connectivity index (χ0) is 36.7. The molecule has 56 heavy (non-hydrogen) atoms. The van der Waals surface area contributed by atoms with E-state index in [1.807, 2.05) is 23.5 Å². The van der Waals surface area contributed by atoms with Crippen molar-refractivity contribution < 1.29 is 8.83 Å². The van der Waals surface area contributed by atoms with Gasteiger partial charge in [0.2, 0.25) is 0 Å². The Balaban J connectivity index is 1.04. The van der Waals surface area contributed by atoms with Gasteiger partial charge >= 0.3 is 0 Å². The molecule has 0 N–H and O–H groups in total. The Morgan fingerprint density at radius 3 is 1.80 bits per heavy atom. The molecule has 0 atom stereocenters. The lowest BCUT2D eigenvalue weighted by atomic mass is 10.00. The van der Waals surface area contributed by atoms with Gasteiger partial charge in [0.25, 0.3) is 0 Å². The summed E-state index contributed by atoms with van der Waals surface area (Å²) in [5.41, 5.74) is 11.3. The predicted octanol–water partition coefficient (Wildman–Crippen LogP) is 15.8. The Labute approximate surface area is 325 Å². The van der Waals surface area contributed by atoms with Crippen LogP contribution >= 0.6 is 11.3 Å². The lowest BCUT2D eigenvalue weighted by molar-refractivity contribution is 0.669. The normalized spacial score (nSPS) is 11.9. The van der Waals surface area contributed by atoms with Gasteiger partial charge in [0.15, 0.2) is 0 Å². The van der Waals surface area contributed by atoms with Crippen molar-refractivity contribution >= 4 is 103 Å². The largest absolute Gasteiger partial charge is 0.456 e. The summed E-state index contributed by atoms with van der Waals surface area (Å²) < 4.78 is 15.6. The van der Waals surface area contributed by atoms with Gasteiger partial charge in [-0.25, -0.2) is 0 Å². The van der Waals surface area contributed by atoms with Gasteiger partial charge in [0.05, 0.1) is 11.1 Å². The van der Waals surface area contributed by atoms with Crippen molar-refractivity contribution in [2.24, 2.45) is 0 Å². The monoisotopic (exact) mass is 733 g/mol. The highest BCUT2D eigenvalue weighted by Gasteiger charge is 2.22. The summed E-state index contributed by atoms with van der Waals surface area (Å²) in [5, 5.41) is 9.45. The topological polar surface area (TPSA) is 29.5 Å². The first-order chi connectivity index (χ1) is 27.8. The molecule has 0 saturated heterocycles. The van der Waals surface area contributed by atoms with Gasteiger partial charge in [-0.1, -0.05) is 133 Å². The van der Waals surface area contributed by atoms with Gasteiger partial charge in [0.1, 0.15) is 22.3 Å². The number of nitrogens with zero attached hydrogens (tertiary/aromatic N) is 1. The lowest BCUT2D eigenvalue weighted by Crippen LogP contribution is -2.10. The Hall–Kier alpha value is -7.14. The predicted molar refractivity (Wildman–Crippen MR) is 237 cm³/mol. The van der Waals surface area contributed by atoms with Crippen LogP contribution < -0.4 is 4.90 Å². The third-order valence-electron chi connectivity index (χ3n) is 11.3. The number of hydrogen-bond acceptors (Lipinski definition) is 4. The van der Waals surface area contributed by atoms with Crippen LogP contribution in [0.4, 0.5) is 17.1 Å². The summed E-state index contributed by atoms with van der Waals surface area (Å²) in [6.45, 7) is 0. The Bertz CT molecular complexity index is 3320. The second-order valence-corrected chi connectivity index (χ2v) is 15.5. The summed E-state index contributed by atoms with van der Waals surface area (Å²) in [6.07, 6.45) is 0. The van der Waals surface area contributed by atoms with Crippen LogP contribution in [0.1, 0.15) is 0 Å². The van der Waals surface area contributed by atoms with Gasteiger partial charge < -0.3 is 13.7 Å². The highest BCUT2D eigenvalue weighted by Crippen LogP contribution is 2.46. The van der Waals surface area contributed by atoms with Crippen LogP contribution in [0.2, 0.25) is 0 Å².